The fraction of sp³-hybridized carbons (Fsp3) is 0.529. The summed E-state index contributed by atoms with van der Waals surface area (Å²) >= 11 is 0. The van der Waals surface area contributed by atoms with E-state index in [0.29, 0.717) is 19.5 Å². The van der Waals surface area contributed by atoms with E-state index in [0.717, 1.165) is 18.4 Å². The van der Waals surface area contributed by atoms with Crippen LogP contribution in [0.15, 0.2) is 30.3 Å². The third-order valence-corrected chi connectivity index (χ3v) is 4.20. The highest BCUT2D eigenvalue weighted by Gasteiger charge is 2.31. The molecule has 1 fully saturated rings. The van der Waals surface area contributed by atoms with Crippen LogP contribution in [0.5, 0.6) is 0 Å². The number of rotatable bonds is 4. The van der Waals surface area contributed by atoms with E-state index >= 15 is 0 Å². The molecule has 0 bridgehead atoms. The normalized spacial score (nSPS) is 18.7. The highest BCUT2D eigenvalue weighted by Crippen LogP contribution is 2.29. The zero-order chi connectivity index (χ0) is 14.5. The van der Waals surface area contributed by atoms with Gasteiger partial charge in [0.1, 0.15) is 0 Å². The molecule has 2 rings (SSSR count). The van der Waals surface area contributed by atoms with Crippen LogP contribution in [0.25, 0.3) is 0 Å². The standard InChI is InChI=1S/C17H23NO2/c1-3-13(2)16(14-8-5-4-6-9-14)17(20)18-11-7-10-15(19)12-18/h4-6,8-9,13,16H,3,7,10-12H2,1-2H3. The van der Waals surface area contributed by atoms with Crippen LogP contribution in [0, 0.1) is 5.92 Å². The molecule has 3 nitrogen and oxygen atoms in total. The van der Waals surface area contributed by atoms with E-state index in [-0.39, 0.29) is 23.5 Å². The van der Waals surface area contributed by atoms with Crippen LogP contribution in [0.3, 0.4) is 0 Å². The Kier molecular flexibility index (Phi) is 4.94. The first-order valence-electron chi connectivity index (χ1n) is 7.49. The maximum atomic E-state index is 12.8. The predicted molar refractivity (Wildman–Crippen MR) is 79.5 cm³/mol. The smallest absolute Gasteiger partial charge is 0.230 e. The van der Waals surface area contributed by atoms with E-state index in [9.17, 15) is 9.59 Å². The maximum Gasteiger partial charge on any atom is 0.230 e. The number of amides is 1. The number of benzene rings is 1. The van der Waals surface area contributed by atoms with Gasteiger partial charge in [0.05, 0.1) is 12.5 Å². The molecule has 2 unspecified atom stereocenters. The fourth-order valence-corrected chi connectivity index (χ4v) is 2.83. The summed E-state index contributed by atoms with van der Waals surface area (Å²) in [5.41, 5.74) is 1.06. The van der Waals surface area contributed by atoms with Crippen molar-refractivity contribution in [2.45, 2.75) is 39.0 Å². The van der Waals surface area contributed by atoms with Crippen LogP contribution in [-0.2, 0) is 9.59 Å². The van der Waals surface area contributed by atoms with E-state index < -0.39 is 0 Å². The number of likely N-dealkylation sites (tertiary alicyclic amines) is 1. The topological polar surface area (TPSA) is 37.4 Å². The third kappa shape index (κ3) is 3.27. The van der Waals surface area contributed by atoms with Crippen LogP contribution in [0.1, 0.15) is 44.6 Å². The van der Waals surface area contributed by atoms with Crippen molar-refractivity contribution >= 4 is 11.7 Å². The van der Waals surface area contributed by atoms with E-state index in [1.807, 2.05) is 30.3 Å². The number of carbonyl (C=O) groups excluding carboxylic acids is 2. The zero-order valence-corrected chi connectivity index (χ0v) is 12.3. The van der Waals surface area contributed by atoms with Crippen molar-refractivity contribution in [1.29, 1.82) is 0 Å². The molecule has 1 aliphatic rings. The van der Waals surface area contributed by atoms with Crippen molar-refractivity contribution in [2.24, 2.45) is 5.92 Å². The van der Waals surface area contributed by atoms with Gasteiger partial charge in [0.2, 0.25) is 5.91 Å². The van der Waals surface area contributed by atoms with E-state index in [4.69, 9.17) is 0 Å². The number of Topliss-reactive ketones (excluding diaryl/α,β-unsaturated/α-hetero) is 1. The molecule has 1 amide bonds. The molecule has 0 N–H and O–H groups in total. The molecule has 0 aromatic heterocycles. The minimum absolute atomic E-state index is 0.110. The number of hydrogen-bond acceptors (Lipinski definition) is 2. The van der Waals surface area contributed by atoms with Crippen LogP contribution in [0.4, 0.5) is 0 Å². The minimum atomic E-state index is -0.132. The molecule has 20 heavy (non-hydrogen) atoms. The summed E-state index contributed by atoms with van der Waals surface area (Å²) in [6.45, 7) is 5.22. The summed E-state index contributed by atoms with van der Waals surface area (Å²) in [5, 5.41) is 0. The lowest BCUT2D eigenvalue weighted by Crippen LogP contribution is -2.43. The van der Waals surface area contributed by atoms with E-state index in [1.54, 1.807) is 4.90 Å². The first-order valence-corrected chi connectivity index (χ1v) is 7.49. The summed E-state index contributed by atoms with van der Waals surface area (Å²) in [5.74, 6) is 0.438. The van der Waals surface area contributed by atoms with Crippen LogP contribution in [-0.4, -0.2) is 29.7 Å². The number of carbonyl (C=O) groups is 2. The Morgan fingerprint density at radius 3 is 2.60 bits per heavy atom. The Hall–Kier alpha value is -1.64. The molecule has 1 saturated heterocycles. The lowest BCUT2D eigenvalue weighted by Gasteiger charge is -2.32. The second-order valence-corrected chi connectivity index (χ2v) is 5.68. The van der Waals surface area contributed by atoms with Gasteiger partial charge in [0, 0.05) is 13.0 Å². The van der Waals surface area contributed by atoms with Crippen molar-refractivity contribution in [1.82, 2.24) is 4.90 Å². The predicted octanol–water partition coefficient (Wildman–Crippen LogP) is 3.01. The number of ketones is 1. The van der Waals surface area contributed by atoms with Crippen molar-refractivity contribution < 1.29 is 9.59 Å². The molecular weight excluding hydrogens is 250 g/mol. The second kappa shape index (κ2) is 6.69. The molecule has 1 aromatic rings. The molecule has 0 aliphatic carbocycles. The monoisotopic (exact) mass is 273 g/mol. The molecule has 2 atom stereocenters. The Balaban J connectivity index is 2.22. The molecule has 108 valence electrons. The van der Waals surface area contributed by atoms with Gasteiger partial charge in [0.25, 0.3) is 0 Å². The van der Waals surface area contributed by atoms with Crippen molar-refractivity contribution in [3.63, 3.8) is 0 Å². The van der Waals surface area contributed by atoms with Crippen LogP contribution >= 0.6 is 0 Å². The molecule has 1 aliphatic heterocycles. The molecule has 0 saturated carbocycles. The fourth-order valence-electron chi connectivity index (χ4n) is 2.83. The van der Waals surface area contributed by atoms with Gasteiger partial charge in [-0.05, 0) is 17.9 Å². The third-order valence-electron chi connectivity index (χ3n) is 4.20. The van der Waals surface area contributed by atoms with Crippen molar-refractivity contribution in [3.05, 3.63) is 35.9 Å². The van der Waals surface area contributed by atoms with Gasteiger partial charge in [-0.2, -0.15) is 0 Å². The highest BCUT2D eigenvalue weighted by molar-refractivity contribution is 5.90. The maximum absolute atomic E-state index is 12.8. The molecule has 1 aromatic carbocycles. The molecule has 0 radical (unpaired) electrons. The Morgan fingerprint density at radius 2 is 2.00 bits per heavy atom. The lowest BCUT2D eigenvalue weighted by molar-refractivity contribution is -0.139. The molecular formula is C17H23NO2. The van der Waals surface area contributed by atoms with Crippen LogP contribution in [0.2, 0.25) is 0 Å². The van der Waals surface area contributed by atoms with Gasteiger partial charge < -0.3 is 4.90 Å². The average Bonchev–Trinajstić information content (AvgIpc) is 2.48. The molecule has 1 heterocycles. The SMILES string of the molecule is CCC(C)C(C(=O)N1CCCC(=O)C1)c1ccccc1. The van der Waals surface area contributed by atoms with E-state index in [2.05, 4.69) is 13.8 Å². The number of piperidine rings is 1. The van der Waals surface area contributed by atoms with Crippen molar-refractivity contribution in [3.8, 4) is 0 Å². The highest BCUT2D eigenvalue weighted by atomic mass is 16.2. The summed E-state index contributed by atoms with van der Waals surface area (Å²) in [6.07, 6.45) is 2.36. The minimum Gasteiger partial charge on any atom is -0.335 e. The second-order valence-electron chi connectivity index (χ2n) is 5.68. The Morgan fingerprint density at radius 1 is 1.30 bits per heavy atom. The Labute approximate surface area is 121 Å². The molecule has 0 spiro atoms. The first kappa shape index (κ1) is 14.8. The quantitative estimate of drug-likeness (QED) is 0.845. The van der Waals surface area contributed by atoms with Gasteiger partial charge in [-0.25, -0.2) is 0 Å². The summed E-state index contributed by atoms with van der Waals surface area (Å²) < 4.78 is 0. The number of hydrogen-bond donors (Lipinski definition) is 0. The lowest BCUT2D eigenvalue weighted by atomic mass is 9.84. The van der Waals surface area contributed by atoms with Gasteiger partial charge in [-0.3, -0.25) is 9.59 Å². The van der Waals surface area contributed by atoms with Crippen LogP contribution < -0.4 is 0 Å². The van der Waals surface area contributed by atoms with Gasteiger partial charge in [-0.15, -0.1) is 0 Å². The van der Waals surface area contributed by atoms with Gasteiger partial charge in [-0.1, -0.05) is 50.6 Å². The summed E-state index contributed by atoms with van der Waals surface area (Å²) in [7, 11) is 0. The number of nitrogens with zero attached hydrogens (tertiary/aromatic N) is 1. The zero-order valence-electron chi connectivity index (χ0n) is 12.3. The van der Waals surface area contributed by atoms with Crippen molar-refractivity contribution in [2.75, 3.05) is 13.1 Å². The first-order chi connectivity index (χ1) is 9.63. The average molecular weight is 273 g/mol. The van der Waals surface area contributed by atoms with Gasteiger partial charge >= 0.3 is 0 Å². The van der Waals surface area contributed by atoms with Gasteiger partial charge in [0.15, 0.2) is 5.78 Å². The summed E-state index contributed by atoms with van der Waals surface area (Å²) in [4.78, 5) is 26.1. The molecule has 3 heteroatoms. The Bertz CT molecular complexity index is 469. The van der Waals surface area contributed by atoms with E-state index in [1.165, 1.54) is 0 Å². The largest absolute Gasteiger partial charge is 0.335 e. The summed E-state index contributed by atoms with van der Waals surface area (Å²) in [6, 6.07) is 9.94.